The molecule has 1 aromatic carbocycles. The van der Waals surface area contributed by atoms with Crippen molar-refractivity contribution in [2.75, 3.05) is 37.6 Å². The van der Waals surface area contributed by atoms with Crippen molar-refractivity contribution >= 4 is 28.8 Å². The van der Waals surface area contributed by atoms with Crippen LogP contribution < -0.4 is 4.90 Å². The van der Waals surface area contributed by atoms with E-state index in [1.54, 1.807) is 11.3 Å². The van der Waals surface area contributed by atoms with Gasteiger partial charge in [-0.2, -0.15) is 0 Å². The third-order valence-electron chi connectivity index (χ3n) is 6.11. The van der Waals surface area contributed by atoms with Crippen molar-refractivity contribution in [3.8, 4) is 0 Å². The van der Waals surface area contributed by atoms with Crippen LogP contribution >= 0.6 is 11.3 Å². The molecule has 2 aromatic rings. The minimum absolute atomic E-state index is 0.0117. The molecule has 1 atom stereocenters. The number of carbonyl (C=O) groups is 2. The molecule has 31 heavy (non-hydrogen) atoms. The summed E-state index contributed by atoms with van der Waals surface area (Å²) in [5, 5.41) is 3.08. The minimum atomic E-state index is -0.0842. The number of benzene rings is 1. The first-order chi connectivity index (χ1) is 14.8. The molecule has 0 radical (unpaired) electrons. The van der Waals surface area contributed by atoms with Crippen LogP contribution in [-0.4, -0.2) is 65.4 Å². The molecule has 7 heteroatoms. The Morgan fingerprint density at radius 1 is 1.10 bits per heavy atom. The van der Waals surface area contributed by atoms with E-state index < -0.39 is 0 Å². The molecule has 1 aromatic heterocycles. The second-order valence-corrected chi connectivity index (χ2v) is 10.3. The molecular weight excluding hydrogens is 408 g/mol. The van der Waals surface area contributed by atoms with E-state index in [2.05, 4.69) is 30.7 Å². The third kappa shape index (κ3) is 4.99. The Kier molecular flexibility index (Phi) is 6.44. The molecule has 0 unspecified atom stereocenters. The highest BCUT2D eigenvalue weighted by Gasteiger charge is 2.36. The molecular formula is C24H32N4O2S. The van der Waals surface area contributed by atoms with Crippen LogP contribution in [0.3, 0.4) is 0 Å². The highest BCUT2D eigenvalue weighted by atomic mass is 32.1. The fourth-order valence-corrected chi connectivity index (χ4v) is 5.25. The Hall–Kier alpha value is -2.25. The molecule has 3 heterocycles. The first-order valence-electron chi connectivity index (χ1n) is 11.2. The molecule has 2 aliphatic heterocycles. The smallest absolute Gasteiger partial charge is 0.244 e. The predicted octanol–water partition coefficient (Wildman–Crippen LogP) is 3.32. The van der Waals surface area contributed by atoms with Gasteiger partial charge in [-0.1, -0.05) is 39.0 Å². The second kappa shape index (κ2) is 9.09. The number of amides is 2. The van der Waals surface area contributed by atoms with Gasteiger partial charge in [-0.05, 0) is 25.0 Å². The van der Waals surface area contributed by atoms with Gasteiger partial charge in [-0.3, -0.25) is 14.5 Å². The summed E-state index contributed by atoms with van der Waals surface area (Å²) in [6.07, 6.45) is 2.26. The molecule has 166 valence electrons. The molecule has 0 spiro atoms. The number of hydrogen-bond donors (Lipinski definition) is 0. The fraction of sp³-hybridized carbons (Fsp3) is 0.542. The van der Waals surface area contributed by atoms with Crippen molar-refractivity contribution in [3.05, 3.63) is 46.4 Å². The van der Waals surface area contributed by atoms with Crippen molar-refractivity contribution in [1.29, 1.82) is 0 Å². The van der Waals surface area contributed by atoms with E-state index in [-0.39, 0.29) is 23.3 Å². The summed E-state index contributed by atoms with van der Waals surface area (Å²) in [4.78, 5) is 36.7. The van der Waals surface area contributed by atoms with Crippen LogP contribution in [0.15, 0.2) is 35.7 Å². The Labute approximate surface area is 188 Å². The van der Waals surface area contributed by atoms with Crippen molar-refractivity contribution in [2.24, 2.45) is 0 Å². The standard InChI is InChI=1S/C24H32N4O2S/c1-24(2,3)23-25-18(17-31-23)16-21(29)27-14-12-26(13-15-27)20-10-7-11-28(22(20)30)19-8-5-4-6-9-19/h4-6,8-9,17,20H,7,10-16H2,1-3H3/t20-/m0/s1. The molecule has 2 amide bonds. The number of aromatic nitrogens is 1. The topological polar surface area (TPSA) is 56.8 Å². The van der Waals surface area contributed by atoms with Gasteiger partial charge in [0.15, 0.2) is 0 Å². The number of rotatable bonds is 4. The minimum Gasteiger partial charge on any atom is -0.340 e. The molecule has 0 aliphatic carbocycles. The maximum absolute atomic E-state index is 13.2. The van der Waals surface area contributed by atoms with Crippen molar-refractivity contribution in [1.82, 2.24) is 14.8 Å². The van der Waals surface area contributed by atoms with E-state index in [1.807, 2.05) is 45.5 Å². The second-order valence-electron chi connectivity index (χ2n) is 9.47. The van der Waals surface area contributed by atoms with Crippen LogP contribution in [0, 0.1) is 0 Å². The van der Waals surface area contributed by atoms with Crippen LogP contribution in [0.1, 0.15) is 44.3 Å². The lowest BCUT2D eigenvalue weighted by molar-refractivity contribution is -0.133. The molecule has 2 saturated heterocycles. The zero-order valence-electron chi connectivity index (χ0n) is 18.7. The number of thiazole rings is 1. The first kappa shape index (κ1) is 22.0. The molecule has 0 saturated carbocycles. The van der Waals surface area contributed by atoms with E-state index in [0.717, 1.165) is 48.9 Å². The van der Waals surface area contributed by atoms with Crippen LogP contribution in [0.2, 0.25) is 0 Å². The number of hydrogen-bond acceptors (Lipinski definition) is 5. The summed E-state index contributed by atoms with van der Waals surface area (Å²) in [5.74, 6) is 0.320. The van der Waals surface area contributed by atoms with E-state index in [0.29, 0.717) is 19.5 Å². The van der Waals surface area contributed by atoms with E-state index >= 15 is 0 Å². The van der Waals surface area contributed by atoms with Gasteiger partial charge in [-0.25, -0.2) is 4.98 Å². The lowest BCUT2D eigenvalue weighted by Crippen LogP contribution is -2.58. The lowest BCUT2D eigenvalue weighted by Gasteiger charge is -2.42. The van der Waals surface area contributed by atoms with Gasteiger partial charge >= 0.3 is 0 Å². The summed E-state index contributed by atoms with van der Waals surface area (Å²) in [7, 11) is 0. The van der Waals surface area contributed by atoms with Gasteiger partial charge in [0.1, 0.15) is 0 Å². The van der Waals surface area contributed by atoms with Gasteiger partial charge in [-0.15, -0.1) is 11.3 Å². The summed E-state index contributed by atoms with van der Waals surface area (Å²) >= 11 is 1.63. The van der Waals surface area contributed by atoms with Gasteiger partial charge < -0.3 is 9.80 Å². The Bertz CT molecular complexity index is 913. The SMILES string of the molecule is CC(C)(C)c1nc(CC(=O)N2CCN([C@H]3CCCN(c4ccccc4)C3=O)CC2)cs1. The first-order valence-corrected chi connectivity index (χ1v) is 12.0. The molecule has 2 fully saturated rings. The molecule has 4 rings (SSSR count). The van der Waals surface area contributed by atoms with Crippen molar-refractivity contribution in [3.63, 3.8) is 0 Å². The van der Waals surface area contributed by atoms with Crippen LogP contribution in [0.4, 0.5) is 5.69 Å². The van der Waals surface area contributed by atoms with E-state index in [4.69, 9.17) is 0 Å². The number of piperidine rings is 1. The predicted molar refractivity (Wildman–Crippen MR) is 124 cm³/mol. The summed E-state index contributed by atoms with van der Waals surface area (Å²) in [5.41, 5.74) is 1.85. The zero-order valence-corrected chi connectivity index (χ0v) is 19.5. The molecule has 0 N–H and O–H groups in total. The average molecular weight is 441 g/mol. The number of carbonyl (C=O) groups excluding carboxylic acids is 2. The number of nitrogens with zero attached hydrogens (tertiary/aromatic N) is 4. The number of para-hydroxylation sites is 1. The lowest BCUT2D eigenvalue weighted by atomic mass is 9.98. The Morgan fingerprint density at radius 3 is 2.45 bits per heavy atom. The van der Waals surface area contributed by atoms with Gasteiger partial charge in [0.25, 0.3) is 0 Å². The van der Waals surface area contributed by atoms with Gasteiger partial charge in [0.2, 0.25) is 11.8 Å². The maximum atomic E-state index is 13.2. The number of anilines is 1. The van der Waals surface area contributed by atoms with Crippen molar-refractivity contribution in [2.45, 2.75) is 51.5 Å². The zero-order chi connectivity index (χ0) is 22.0. The Balaban J connectivity index is 1.32. The average Bonchev–Trinajstić information content (AvgIpc) is 3.24. The van der Waals surface area contributed by atoms with Gasteiger partial charge in [0, 0.05) is 49.2 Å². The Morgan fingerprint density at radius 2 is 1.81 bits per heavy atom. The summed E-state index contributed by atoms with van der Waals surface area (Å²) in [6, 6.07) is 9.84. The highest BCUT2D eigenvalue weighted by Crippen LogP contribution is 2.27. The molecule has 6 nitrogen and oxygen atoms in total. The van der Waals surface area contributed by atoms with Crippen molar-refractivity contribution < 1.29 is 9.59 Å². The molecule has 2 aliphatic rings. The maximum Gasteiger partial charge on any atom is 0.244 e. The molecule has 0 bridgehead atoms. The number of piperazine rings is 1. The largest absolute Gasteiger partial charge is 0.340 e. The third-order valence-corrected chi connectivity index (χ3v) is 7.43. The quantitative estimate of drug-likeness (QED) is 0.732. The van der Waals surface area contributed by atoms with Gasteiger partial charge in [0.05, 0.1) is 23.2 Å². The van der Waals surface area contributed by atoms with Crippen LogP contribution in [0.25, 0.3) is 0 Å². The van der Waals surface area contributed by atoms with Crippen LogP contribution in [0.5, 0.6) is 0 Å². The summed E-state index contributed by atoms with van der Waals surface area (Å²) < 4.78 is 0. The van der Waals surface area contributed by atoms with E-state index in [1.165, 1.54) is 0 Å². The van der Waals surface area contributed by atoms with E-state index in [9.17, 15) is 9.59 Å². The monoisotopic (exact) mass is 440 g/mol. The summed E-state index contributed by atoms with van der Waals surface area (Å²) in [6.45, 7) is 10.0. The normalized spacial score (nSPS) is 20.9. The highest BCUT2D eigenvalue weighted by molar-refractivity contribution is 7.09. The van der Waals surface area contributed by atoms with Crippen LogP contribution in [-0.2, 0) is 21.4 Å². The fourth-order valence-electron chi connectivity index (χ4n) is 4.34.